The van der Waals surface area contributed by atoms with E-state index in [-0.39, 0.29) is 24.0 Å². The second-order valence-corrected chi connectivity index (χ2v) is 5.09. The van der Waals surface area contributed by atoms with Gasteiger partial charge in [0, 0.05) is 31.3 Å². The number of benzene rings is 1. The summed E-state index contributed by atoms with van der Waals surface area (Å²) in [7, 11) is 0. The Hall–Kier alpha value is -0.530. The van der Waals surface area contributed by atoms with E-state index in [0.717, 1.165) is 55.7 Å². The van der Waals surface area contributed by atoms with Gasteiger partial charge >= 0.3 is 0 Å². The van der Waals surface area contributed by atoms with E-state index in [1.165, 1.54) is 0 Å². The number of hydrogen-bond acceptors (Lipinski definition) is 2. The molecule has 0 spiro atoms. The van der Waals surface area contributed by atoms with Gasteiger partial charge in [-0.1, -0.05) is 23.7 Å². The molecular formula is C16H27ClIN3O. The zero-order chi connectivity index (χ0) is 15.3. The summed E-state index contributed by atoms with van der Waals surface area (Å²) in [6.45, 7) is 8.10. The van der Waals surface area contributed by atoms with Gasteiger partial charge in [0.15, 0.2) is 5.96 Å². The lowest BCUT2D eigenvalue weighted by Gasteiger charge is -2.11. The highest BCUT2D eigenvalue weighted by molar-refractivity contribution is 14.0. The first-order chi connectivity index (χ1) is 10.3. The normalized spacial score (nSPS) is 11.0. The zero-order valence-electron chi connectivity index (χ0n) is 13.4. The maximum Gasteiger partial charge on any atom is 0.191 e. The number of aliphatic imine (C=N–C) groups is 1. The van der Waals surface area contributed by atoms with Crippen LogP contribution in [0.3, 0.4) is 0 Å². The molecule has 6 heteroatoms. The summed E-state index contributed by atoms with van der Waals surface area (Å²) in [6.07, 6.45) is 2.14. The third-order valence-corrected chi connectivity index (χ3v) is 3.14. The molecule has 0 heterocycles. The van der Waals surface area contributed by atoms with Gasteiger partial charge < -0.3 is 15.4 Å². The summed E-state index contributed by atoms with van der Waals surface area (Å²) in [5.41, 5.74) is 1.15. The highest BCUT2D eigenvalue weighted by Gasteiger charge is 1.97. The topological polar surface area (TPSA) is 45.7 Å². The maximum atomic E-state index is 5.87. The van der Waals surface area contributed by atoms with Crippen LogP contribution < -0.4 is 10.6 Å². The summed E-state index contributed by atoms with van der Waals surface area (Å²) in [5.74, 6) is 0.851. The Labute approximate surface area is 156 Å². The average molecular weight is 440 g/mol. The standard InChI is InChI=1S/C16H26ClN3O.HI/c1-3-18-16(19-11-5-6-12-21-4-2)20-13-14-7-9-15(17)10-8-14;/h7-10H,3-6,11-13H2,1-2H3,(H2,18,19,20);1H. The molecule has 0 radical (unpaired) electrons. The van der Waals surface area contributed by atoms with E-state index in [1.807, 2.05) is 31.2 Å². The van der Waals surface area contributed by atoms with Crippen molar-refractivity contribution >= 4 is 41.5 Å². The van der Waals surface area contributed by atoms with E-state index in [2.05, 4.69) is 22.5 Å². The average Bonchev–Trinajstić information content (AvgIpc) is 2.49. The summed E-state index contributed by atoms with van der Waals surface area (Å²) in [4.78, 5) is 4.57. The van der Waals surface area contributed by atoms with E-state index in [0.29, 0.717) is 6.54 Å². The van der Waals surface area contributed by atoms with E-state index in [4.69, 9.17) is 16.3 Å². The van der Waals surface area contributed by atoms with Crippen LogP contribution in [0.2, 0.25) is 5.02 Å². The second-order valence-electron chi connectivity index (χ2n) is 4.65. The molecule has 1 rings (SSSR count). The lowest BCUT2D eigenvalue weighted by atomic mass is 10.2. The molecular weight excluding hydrogens is 413 g/mol. The first kappa shape index (κ1) is 21.5. The van der Waals surface area contributed by atoms with Crippen molar-refractivity contribution in [3.63, 3.8) is 0 Å². The molecule has 0 amide bonds. The van der Waals surface area contributed by atoms with Crippen molar-refractivity contribution in [2.45, 2.75) is 33.2 Å². The van der Waals surface area contributed by atoms with Gasteiger partial charge in [-0.25, -0.2) is 4.99 Å². The monoisotopic (exact) mass is 439 g/mol. The number of guanidine groups is 1. The Morgan fingerprint density at radius 3 is 2.50 bits per heavy atom. The van der Waals surface area contributed by atoms with Crippen molar-refractivity contribution in [1.29, 1.82) is 0 Å². The molecule has 0 unspecified atom stereocenters. The smallest absolute Gasteiger partial charge is 0.191 e. The summed E-state index contributed by atoms with van der Waals surface area (Å²) in [5, 5.41) is 7.34. The Bertz CT molecular complexity index is 412. The Morgan fingerprint density at radius 1 is 1.14 bits per heavy atom. The largest absolute Gasteiger partial charge is 0.382 e. The minimum atomic E-state index is 0. The molecule has 2 N–H and O–H groups in total. The number of rotatable bonds is 9. The van der Waals surface area contributed by atoms with Gasteiger partial charge in [0.05, 0.1) is 6.54 Å². The van der Waals surface area contributed by atoms with Crippen LogP contribution in [0.15, 0.2) is 29.3 Å². The van der Waals surface area contributed by atoms with Crippen LogP contribution in [0.25, 0.3) is 0 Å². The van der Waals surface area contributed by atoms with Crippen LogP contribution in [-0.4, -0.2) is 32.3 Å². The molecule has 0 saturated heterocycles. The molecule has 0 saturated carbocycles. The van der Waals surface area contributed by atoms with Gasteiger partial charge in [-0.05, 0) is 44.4 Å². The Morgan fingerprint density at radius 2 is 1.86 bits per heavy atom. The quantitative estimate of drug-likeness (QED) is 0.266. The minimum Gasteiger partial charge on any atom is -0.382 e. The molecule has 0 fully saturated rings. The highest BCUT2D eigenvalue weighted by atomic mass is 127. The van der Waals surface area contributed by atoms with Gasteiger partial charge in [0.2, 0.25) is 0 Å². The van der Waals surface area contributed by atoms with E-state index >= 15 is 0 Å². The predicted octanol–water partition coefficient (Wildman–Crippen LogP) is 3.83. The predicted molar refractivity (Wildman–Crippen MR) is 105 cm³/mol. The van der Waals surface area contributed by atoms with Gasteiger partial charge in [-0.2, -0.15) is 0 Å². The van der Waals surface area contributed by atoms with Crippen molar-refractivity contribution in [2.75, 3.05) is 26.3 Å². The number of nitrogens with zero attached hydrogens (tertiary/aromatic N) is 1. The number of unbranched alkanes of at least 4 members (excludes halogenated alkanes) is 1. The molecule has 1 aromatic carbocycles. The molecule has 0 aliphatic heterocycles. The fourth-order valence-corrected chi connectivity index (χ4v) is 1.91. The fraction of sp³-hybridized carbons (Fsp3) is 0.562. The summed E-state index contributed by atoms with van der Waals surface area (Å²) in [6, 6.07) is 7.77. The molecule has 126 valence electrons. The van der Waals surface area contributed by atoms with Crippen LogP contribution in [0.1, 0.15) is 32.3 Å². The Kier molecular flexibility index (Phi) is 13.7. The lowest BCUT2D eigenvalue weighted by molar-refractivity contribution is 0.143. The third kappa shape index (κ3) is 10.2. The van der Waals surface area contributed by atoms with Gasteiger partial charge in [-0.3, -0.25) is 0 Å². The van der Waals surface area contributed by atoms with Gasteiger partial charge in [0.1, 0.15) is 0 Å². The first-order valence-electron chi connectivity index (χ1n) is 7.60. The van der Waals surface area contributed by atoms with Crippen LogP contribution in [0.4, 0.5) is 0 Å². The number of hydrogen-bond donors (Lipinski definition) is 2. The number of ether oxygens (including phenoxy) is 1. The van der Waals surface area contributed by atoms with Crippen molar-refractivity contribution in [3.8, 4) is 0 Å². The number of nitrogens with one attached hydrogen (secondary N) is 2. The van der Waals surface area contributed by atoms with E-state index < -0.39 is 0 Å². The van der Waals surface area contributed by atoms with E-state index in [9.17, 15) is 0 Å². The second kappa shape index (κ2) is 14.1. The Balaban J connectivity index is 0.00000441. The summed E-state index contributed by atoms with van der Waals surface area (Å²) < 4.78 is 5.32. The molecule has 22 heavy (non-hydrogen) atoms. The molecule has 0 aliphatic carbocycles. The van der Waals surface area contributed by atoms with Gasteiger partial charge in [-0.15, -0.1) is 24.0 Å². The molecule has 0 aromatic heterocycles. The SMILES string of the molecule is CCNC(=NCc1ccc(Cl)cc1)NCCCCOCC.I. The number of halogens is 2. The van der Waals surface area contributed by atoms with Crippen LogP contribution in [0, 0.1) is 0 Å². The van der Waals surface area contributed by atoms with Gasteiger partial charge in [0.25, 0.3) is 0 Å². The van der Waals surface area contributed by atoms with Crippen molar-refractivity contribution < 1.29 is 4.74 Å². The van der Waals surface area contributed by atoms with Crippen molar-refractivity contribution in [2.24, 2.45) is 4.99 Å². The van der Waals surface area contributed by atoms with Crippen LogP contribution in [-0.2, 0) is 11.3 Å². The minimum absolute atomic E-state index is 0. The van der Waals surface area contributed by atoms with Crippen molar-refractivity contribution in [3.05, 3.63) is 34.9 Å². The first-order valence-corrected chi connectivity index (χ1v) is 7.98. The van der Waals surface area contributed by atoms with E-state index in [1.54, 1.807) is 0 Å². The maximum absolute atomic E-state index is 5.87. The zero-order valence-corrected chi connectivity index (χ0v) is 16.5. The molecule has 0 atom stereocenters. The summed E-state index contributed by atoms with van der Waals surface area (Å²) >= 11 is 5.87. The molecule has 0 aliphatic rings. The molecule has 0 bridgehead atoms. The fourth-order valence-electron chi connectivity index (χ4n) is 1.78. The highest BCUT2D eigenvalue weighted by Crippen LogP contribution is 2.10. The third-order valence-electron chi connectivity index (χ3n) is 2.89. The van der Waals surface area contributed by atoms with Crippen LogP contribution in [0.5, 0.6) is 0 Å². The molecule has 1 aromatic rings. The molecule has 4 nitrogen and oxygen atoms in total. The van der Waals surface area contributed by atoms with Crippen LogP contribution >= 0.6 is 35.6 Å². The van der Waals surface area contributed by atoms with Crippen molar-refractivity contribution in [1.82, 2.24) is 10.6 Å². The lowest BCUT2D eigenvalue weighted by Crippen LogP contribution is -2.37.